The average molecular weight is 441 g/mol. The van der Waals surface area contributed by atoms with Crippen LogP contribution in [0.2, 0.25) is 0 Å². The first-order valence-corrected chi connectivity index (χ1v) is 10.7. The number of thioether (sulfide) groups is 1. The first kappa shape index (κ1) is 20.2. The number of nitrogens with one attached hydrogen (secondary N) is 1. The lowest BCUT2D eigenvalue weighted by atomic mass is 10.1. The van der Waals surface area contributed by atoms with Gasteiger partial charge in [-0.1, -0.05) is 18.7 Å². The van der Waals surface area contributed by atoms with Gasteiger partial charge in [-0.2, -0.15) is 0 Å². The summed E-state index contributed by atoms with van der Waals surface area (Å²) in [5, 5.41) is 28.9. The topological polar surface area (TPSA) is 123 Å². The van der Waals surface area contributed by atoms with E-state index in [1.165, 1.54) is 23.5 Å². The van der Waals surface area contributed by atoms with Crippen LogP contribution in [0.15, 0.2) is 39.7 Å². The van der Waals surface area contributed by atoms with Gasteiger partial charge in [-0.25, -0.2) is 0 Å². The summed E-state index contributed by atoms with van der Waals surface area (Å²) in [6, 6.07) is 8.05. The molecule has 8 nitrogen and oxygen atoms in total. The van der Waals surface area contributed by atoms with Crippen LogP contribution in [-0.2, 0) is 11.2 Å². The molecule has 0 amide bonds. The third kappa shape index (κ3) is 3.71. The predicted octanol–water partition coefficient (Wildman–Crippen LogP) is 4.99. The van der Waals surface area contributed by atoms with Gasteiger partial charge in [0.2, 0.25) is 0 Å². The van der Waals surface area contributed by atoms with E-state index in [0.29, 0.717) is 27.0 Å². The summed E-state index contributed by atoms with van der Waals surface area (Å²) < 4.78 is 5.85. The van der Waals surface area contributed by atoms with Gasteiger partial charge in [-0.3, -0.25) is 20.3 Å². The van der Waals surface area contributed by atoms with Crippen molar-refractivity contribution in [1.82, 2.24) is 10.2 Å². The van der Waals surface area contributed by atoms with E-state index in [0.717, 1.165) is 28.8 Å². The van der Waals surface area contributed by atoms with Gasteiger partial charge in [-0.15, -0.1) is 21.5 Å². The molecule has 1 atom stereocenters. The lowest BCUT2D eigenvalue weighted by Crippen LogP contribution is -2.11. The Kier molecular flexibility index (Phi) is 5.35. The maximum absolute atomic E-state index is 12.9. The van der Waals surface area contributed by atoms with Crippen LogP contribution >= 0.6 is 23.1 Å². The number of furan rings is 1. The third-order valence-corrected chi connectivity index (χ3v) is 6.73. The fraction of sp³-hybridized carbons (Fsp3) is 0.200. The summed E-state index contributed by atoms with van der Waals surface area (Å²) in [5.74, 6) is 0.130. The van der Waals surface area contributed by atoms with Crippen LogP contribution in [0.25, 0.3) is 17.4 Å². The minimum absolute atomic E-state index is 0.0190. The molecule has 1 N–H and O–H groups in total. The normalized spacial score (nSPS) is 17.8. The van der Waals surface area contributed by atoms with Gasteiger partial charge in [-0.05, 0) is 43.2 Å². The largest absolute Gasteiger partial charge is 0.457 e. The second-order valence-corrected chi connectivity index (χ2v) is 8.80. The van der Waals surface area contributed by atoms with Crippen molar-refractivity contribution in [2.75, 3.05) is 0 Å². The minimum atomic E-state index is -0.703. The van der Waals surface area contributed by atoms with Crippen molar-refractivity contribution in [3.05, 3.63) is 66.7 Å². The summed E-state index contributed by atoms with van der Waals surface area (Å²) in [6.07, 6.45) is 2.35. The predicted molar refractivity (Wildman–Crippen MR) is 116 cm³/mol. The molecule has 152 valence electrons. The maximum Gasteiger partial charge on any atom is 0.269 e. The van der Waals surface area contributed by atoms with Crippen LogP contribution < -0.4 is 0 Å². The van der Waals surface area contributed by atoms with E-state index in [-0.39, 0.29) is 16.5 Å². The molecule has 0 bridgehead atoms. The molecule has 1 aliphatic rings. The van der Waals surface area contributed by atoms with Crippen LogP contribution in [-0.4, -0.2) is 25.9 Å². The molecular weight excluding hydrogens is 424 g/mol. The number of non-ortho nitro benzene ring substituents is 1. The fourth-order valence-corrected chi connectivity index (χ4v) is 5.02. The molecule has 0 radical (unpaired) electrons. The van der Waals surface area contributed by atoms with Crippen molar-refractivity contribution < 1.29 is 14.1 Å². The third-order valence-electron chi connectivity index (χ3n) is 4.61. The lowest BCUT2D eigenvalue weighted by Gasteiger charge is -2.02. The van der Waals surface area contributed by atoms with Gasteiger partial charge >= 0.3 is 0 Å². The number of hydrogen-bond acceptors (Lipinski definition) is 9. The molecule has 1 aliphatic heterocycles. The molecule has 1 saturated heterocycles. The molecule has 30 heavy (non-hydrogen) atoms. The molecule has 3 heterocycles. The average Bonchev–Trinajstić information content (AvgIpc) is 3.42. The zero-order chi connectivity index (χ0) is 21.4. The smallest absolute Gasteiger partial charge is 0.269 e. The summed E-state index contributed by atoms with van der Waals surface area (Å²) in [6.45, 7) is 3.74. The van der Waals surface area contributed by atoms with Gasteiger partial charge in [0.05, 0.1) is 14.9 Å². The maximum atomic E-state index is 12.9. The Morgan fingerprint density at radius 1 is 1.30 bits per heavy atom. The van der Waals surface area contributed by atoms with Gasteiger partial charge in [0.25, 0.3) is 5.69 Å². The number of rotatable bonds is 5. The van der Waals surface area contributed by atoms with Crippen molar-refractivity contribution in [3.8, 4) is 11.3 Å². The van der Waals surface area contributed by atoms with Crippen molar-refractivity contribution in [3.63, 3.8) is 0 Å². The van der Waals surface area contributed by atoms with Crippen LogP contribution in [0.3, 0.4) is 0 Å². The van der Waals surface area contributed by atoms with Crippen LogP contribution in [0.4, 0.5) is 5.69 Å². The molecule has 10 heteroatoms. The van der Waals surface area contributed by atoms with Gasteiger partial charge in [0.1, 0.15) is 27.5 Å². The van der Waals surface area contributed by atoms with E-state index < -0.39 is 10.8 Å². The van der Waals surface area contributed by atoms with Gasteiger partial charge in [0, 0.05) is 17.7 Å². The summed E-state index contributed by atoms with van der Waals surface area (Å²) in [7, 11) is 0. The molecule has 1 fully saturated rings. The molecule has 3 aromatic rings. The highest BCUT2D eigenvalue weighted by molar-refractivity contribution is 8.19. The Hall–Kier alpha value is -3.11. The number of ketones is 1. The standard InChI is InChI=1S/C20H16N4O4S2/c1-3-16-22-23-20(30-16)17-18(25)15(29-19(17)21)9-12-5-7-14(28-12)13-6-4-11(24(26)27)8-10(13)2/h4-9,17,21H,3H2,1-2H3/b15-9-,21-19?/t17-/m1/s1. The number of nitro benzene ring substituents is 1. The lowest BCUT2D eigenvalue weighted by molar-refractivity contribution is -0.384. The van der Waals surface area contributed by atoms with E-state index in [4.69, 9.17) is 9.83 Å². The molecule has 4 rings (SSSR count). The number of benzene rings is 1. The highest BCUT2D eigenvalue weighted by Crippen LogP contribution is 2.42. The Morgan fingerprint density at radius 3 is 2.77 bits per heavy atom. The minimum Gasteiger partial charge on any atom is -0.457 e. The number of hydrogen-bond donors (Lipinski definition) is 1. The van der Waals surface area contributed by atoms with E-state index >= 15 is 0 Å². The van der Waals surface area contributed by atoms with Crippen LogP contribution in [0.1, 0.15) is 34.2 Å². The SMILES string of the molecule is CCc1nnc([C@H]2C(=N)S/C(=C\c3ccc(-c4ccc([N+](=O)[O-])cc4C)o3)C2=O)s1. The molecule has 2 aromatic heterocycles. The van der Waals surface area contributed by atoms with E-state index in [1.807, 2.05) is 6.92 Å². The molecule has 0 spiro atoms. The summed E-state index contributed by atoms with van der Waals surface area (Å²) >= 11 is 2.46. The first-order chi connectivity index (χ1) is 14.4. The Balaban J connectivity index is 1.59. The van der Waals surface area contributed by atoms with E-state index in [2.05, 4.69) is 10.2 Å². The number of nitro groups is 1. The van der Waals surface area contributed by atoms with Gasteiger partial charge < -0.3 is 4.42 Å². The zero-order valence-electron chi connectivity index (χ0n) is 16.0. The van der Waals surface area contributed by atoms with Crippen molar-refractivity contribution in [2.24, 2.45) is 0 Å². The molecule has 0 aliphatic carbocycles. The number of nitrogens with zero attached hydrogens (tertiary/aromatic N) is 3. The first-order valence-electron chi connectivity index (χ1n) is 9.07. The number of allylic oxidation sites excluding steroid dienone is 1. The number of aryl methyl sites for hydroxylation is 2. The molecule has 1 aromatic carbocycles. The number of carbonyl (C=O) groups excluding carboxylic acids is 1. The highest BCUT2D eigenvalue weighted by atomic mass is 32.2. The molecular formula is C20H16N4O4S2. The van der Waals surface area contributed by atoms with Crippen LogP contribution in [0.5, 0.6) is 0 Å². The van der Waals surface area contributed by atoms with Crippen molar-refractivity contribution in [2.45, 2.75) is 26.2 Å². The molecule has 0 unspecified atom stereocenters. The van der Waals surface area contributed by atoms with Crippen molar-refractivity contribution in [1.29, 1.82) is 5.41 Å². The Bertz CT molecular complexity index is 1210. The van der Waals surface area contributed by atoms with Crippen LogP contribution in [0, 0.1) is 22.4 Å². The second kappa shape index (κ2) is 7.96. The van der Waals surface area contributed by atoms with E-state index in [9.17, 15) is 14.9 Å². The summed E-state index contributed by atoms with van der Waals surface area (Å²) in [4.78, 5) is 23.7. The highest BCUT2D eigenvalue weighted by Gasteiger charge is 2.39. The number of aromatic nitrogens is 2. The number of carbonyl (C=O) groups is 1. The quantitative estimate of drug-likeness (QED) is 0.336. The summed E-state index contributed by atoms with van der Waals surface area (Å²) in [5.41, 5.74) is 1.47. The Morgan fingerprint density at radius 2 is 2.10 bits per heavy atom. The second-order valence-electron chi connectivity index (χ2n) is 6.62. The monoisotopic (exact) mass is 440 g/mol. The van der Waals surface area contributed by atoms with Crippen molar-refractivity contribution >= 4 is 45.7 Å². The fourth-order valence-electron chi connectivity index (χ4n) is 3.08. The zero-order valence-corrected chi connectivity index (χ0v) is 17.7. The van der Waals surface area contributed by atoms with Gasteiger partial charge in [0.15, 0.2) is 5.78 Å². The van der Waals surface area contributed by atoms with E-state index in [1.54, 1.807) is 31.2 Å². The number of Topliss-reactive ketones (excluding diaryl/α,β-unsaturated/α-hetero) is 1. The molecule has 0 saturated carbocycles. The Labute approximate surface area is 179 Å².